The molecule has 0 radical (unpaired) electrons. The highest BCUT2D eigenvalue weighted by Gasteiger charge is 2.18. The first-order valence-corrected chi connectivity index (χ1v) is 9.70. The van der Waals surface area contributed by atoms with Gasteiger partial charge in [-0.1, -0.05) is 29.3 Å². The topological polar surface area (TPSA) is 122 Å². The predicted molar refractivity (Wildman–Crippen MR) is 117 cm³/mol. The van der Waals surface area contributed by atoms with Crippen molar-refractivity contribution in [3.8, 4) is 11.1 Å². The molecule has 3 aromatic heterocycles. The molecule has 0 aliphatic carbocycles. The van der Waals surface area contributed by atoms with E-state index in [4.69, 9.17) is 33.1 Å². The van der Waals surface area contributed by atoms with Gasteiger partial charge in [0.15, 0.2) is 5.65 Å². The zero-order chi connectivity index (χ0) is 22.1. The van der Waals surface area contributed by atoms with Gasteiger partial charge in [-0.25, -0.2) is 4.98 Å². The van der Waals surface area contributed by atoms with E-state index in [2.05, 4.69) is 20.3 Å². The summed E-state index contributed by atoms with van der Waals surface area (Å²) in [7, 11) is 1.35. The first-order chi connectivity index (χ1) is 14.9. The Balaban J connectivity index is 1.78. The van der Waals surface area contributed by atoms with Gasteiger partial charge in [0.05, 0.1) is 27.7 Å². The molecule has 0 bridgehead atoms. The van der Waals surface area contributed by atoms with Crippen LogP contribution in [0.5, 0.6) is 0 Å². The van der Waals surface area contributed by atoms with Crippen molar-refractivity contribution in [3.05, 3.63) is 68.8 Å². The third-order valence-corrected chi connectivity index (χ3v) is 5.09. The number of hydrogen-bond acceptors (Lipinski definition) is 6. The van der Waals surface area contributed by atoms with Gasteiger partial charge in [-0.15, -0.1) is 4.73 Å². The fourth-order valence-electron chi connectivity index (χ4n) is 3.14. The van der Waals surface area contributed by atoms with Crippen LogP contribution in [0.25, 0.3) is 22.2 Å². The number of aromatic nitrogens is 4. The van der Waals surface area contributed by atoms with Crippen molar-refractivity contribution in [1.82, 2.24) is 19.7 Å². The molecular formula is C20H15Cl2N5O4. The number of hydrogen-bond donors (Lipinski definition) is 3. The number of anilines is 2. The van der Waals surface area contributed by atoms with Crippen molar-refractivity contribution in [2.24, 2.45) is 0 Å². The molecule has 4 rings (SSSR count). The van der Waals surface area contributed by atoms with Crippen LogP contribution in [0.1, 0.15) is 5.69 Å². The maximum Gasteiger partial charge on any atom is 0.309 e. The summed E-state index contributed by atoms with van der Waals surface area (Å²) in [5.74, 6) is -0.754. The van der Waals surface area contributed by atoms with Gasteiger partial charge < -0.3 is 20.2 Å². The summed E-state index contributed by atoms with van der Waals surface area (Å²) in [4.78, 5) is 40.7. The number of halogens is 2. The van der Waals surface area contributed by atoms with Crippen LogP contribution < -0.4 is 15.7 Å². The van der Waals surface area contributed by atoms with Gasteiger partial charge in [0.25, 0.3) is 5.56 Å². The Kier molecular flexibility index (Phi) is 5.53. The molecule has 31 heavy (non-hydrogen) atoms. The number of aliphatic carboxylic acids is 1. The van der Waals surface area contributed by atoms with Gasteiger partial charge in [-0.3, -0.25) is 9.59 Å². The number of H-pyrrole nitrogens is 1. The zero-order valence-corrected chi connectivity index (χ0v) is 17.5. The molecule has 11 heteroatoms. The average Bonchev–Trinajstić information content (AvgIpc) is 3.14. The van der Waals surface area contributed by atoms with Gasteiger partial charge >= 0.3 is 5.97 Å². The van der Waals surface area contributed by atoms with Crippen molar-refractivity contribution in [2.75, 3.05) is 12.4 Å². The van der Waals surface area contributed by atoms with Crippen LogP contribution >= 0.6 is 23.2 Å². The SMILES string of the molecule is COn1c(=O)c(-c2c(Cl)cccc2Cl)cc2cnc(Nc3c[nH]c(CC(=O)O)c3)nc21. The van der Waals surface area contributed by atoms with Crippen molar-refractivity contribution >= 4 is 51.8 Å². The van der Waals surface area contributed by atoms with E-state index in [0.29, 0.717) is 32.4 Å². The van der Waals surface area contributed by atoms with Gasteiger partial charge in [-0.05, 0) is 24.3 Å². The monoisotopic (exact) mass is 459 g/mol. The lowest BCUT2D eigenvalue weighted by Gasteiger charge is -2.13. The van der Waals surface area contributed by atoms with Crippen molar-refractivity contribution in [2.45, 2.75) is 6.42 Å². The van der Waals surface area contributed by atoms with Crippen molar-refractivity contribution < 1.29 is 14.7 Å². The maximum atomic E-state index is 13.1. The standard InChI is InChI=1S/C20H15Cl2N5O4/c1-31-27-18-10(5-13(19(27)30)17-14(21)3-2-4-15(17)22)8-24-20(26-18)25-12-6-11(23-9-12)7-16(28)29/h2-6,8-9,23H,7H2,1H3,(H,28,29)(H,24,25,26). The number of rotatable bonds is 6. The van der Waals surface area contributed by atoms with Crippen LogP contribution in [0.3, 0.4) is 0 Å². The normalized spacial score (nSPS) is 10.9. The Labute approximate surface area is 185 Å². The molecule has 9 nitrogen and oxygen atoms in total. The number of aromatic amines is 1. The molecule has 3 heterocycles. The minimum absolute atomic E-state index is 0.142. The Morgan fingerprint density at radius 1 is 1.29 bits per heavy atom. The third-order valence-electron chi connectivity index (χ3n) is 4.46. The van der Waals surface area contributed by atoms with E-state index in [1.54, 1.807) is 36.5 Å². The number of carboxylic acid groups (broad SMARTS) is 1. The number of carboxylic acids is 1. The second-order valence-corrected chi connectivity index (χ2v) is 7.33. The fraction of sp³-hybridized carbons (Fsp3) is 0.100. The van der Waals surface area contributed by atoms with Crippen molar-refractivity contribution in [3.63, 3.8) is 0 Å². The van der Waals surface area contributed by atoms with Crippen LogP contribution in [-0.4, -0.2) is 37.9 Å². The highest BCUT2D eigenvalue weighted by Crippen LogP contribution is 2.33. The molecule has 0 aliphatic rings. The van der Waals surface area contributed by atoms with E-state index in [-0.39, 0.29) is 23.6 Å². The van der Waals surface area contributed by atoms with Crippen LogP contribution in [-0.2, 0) is 11.2 Å². The van der Waals surface area contributed by atoms with E-state index in [9.17, 15) is 9.59 Å². The summed E-state index contributed by atoms with van der Waals surface area (Å²) in [5, 5.41) is 13.0. The first kappa shape index (κ1) is 20.7. The average molecular weight is 460 g/mol. The molecule has 0 aliphatic heterocycles. The molecule has 4 aromatic rings. The largest absolute Gasteiger partial charge is 0.481 e. The summed E-state index contributed by atoms with van der Waals surface area (Å²) in [6.07, 6.45) is 2.98. The third kappa shape index (κ3) is 4.05. The predicted octanol–water partition coefficient (Wildman–Crippen LogP) is 3.52. The molecule has 0 amide bonds. The summed E-state index contributed by atoms with van der Waals surface area (Å²) in [6, 6.07) is 8.21. The summed E-state index contributed by atoms with van der Waals surface area (Å²) in [5.41, 5.74) is 1.48. The summed E-state index contributed by atoms with van der Waals surface area (Å²) < 4.78 is 1.03. The van der Waals surface area contributed by atoms with Crippen LogP contribution in [0, 0.1) is 0 Å². The Hall–Kier alpha value is -3.56. The van der Waals surface area contributed by atoms with E-state index >= 15 is 0 Å². The molecule has 158 valence electrons. The molecular weight excluding hydrogens is 445 g/mol. The summed E-state index contributed by atoms with van der Waals surface area (Å²) >= 11 is 12.6. The first-order valence-electron chi connectivity index (χ1n) is 8.95. The molecule has 0 saturated carbocycles. The van der Waals surface area contributed by atoms with Crippen molar-refractivity contribution in [1.29, 1.82) is 0 Å². The number of nitrogens with zero attached hydrogens (tertiary/aromatic N) is 3. The van der Waals surface area contributed by atoms with Crippen LogP contribution in [0.4, 0.5) is 11.6 Å². The van der Waals surface area contributed by atoms with Gasteiger partial charge in [0, 0.05) is 29.0 Å². The van der Waals surface area contributed by atoms with E-state index < -0.39 is 11.5 Å². The van der Waals surface area contributed by atoms with Gasteiger partial charge in [0.1, 0.15) is 7.11 Å². The lowest BCUT2D eigenvalue weighted by Crippen LogP contribution is -2.27. The number of carbonyl (C=O) groups is 1. The molecule has 0 atom stereocenters. The molecule has 0 fully saturated rings. The number of benzene rings is 1. The summed E-state index contributed by atoms with van der Waals surface area (Å²) in [6.45, 7) is 0. The zero-order valence-electron chi connectivity index (χ0n) is 16.0. The van der Waals surface area contributed by atoms with Crippen LogP contribution in [0.2, 0.25) is 10.0 Å². The Morgan fingerprint density at radius 2 is 2.03 bits per heavy atom. The van der Waals surface area contributed by atoms with Gasteiger partial charge in [-0.2, -0.15) is 4.98 Å². The molecule has 3 N–H and O–H groups in total. The minimum Gasteiger partial charge on any atom is -0.481 e. The molecule has 1 aromatic carbocycles. The number of nitrogens with one attached hydrogen (secondary N) is 2. The van der Waals surface area contributed by atoms with Crippen LogP contribution in [0.15, 0.2) is 47.5 Å². The quantitative estimate of drug-likeness (QED) is 0.403. The second-order valence-electron chi connectivity index (χ2n) is 6.52. The highest BCUT2D eigenvalue weighted by molar-refractivity contribution is 6.39. The maximum absolute atomic E-state index is 13.1. The minimum atomic E-state index is -0.950. The highest BCUT2D eigenvalue weighted by atomic mass is 35.5. The van der Waals surface area contributed by atoms with E-state index in [1.807, 2.05) is 0 Å². The Bertz CT molecular complexity index is 1350. The fourth-order valence-corrected chi connectivity index (χ4v) is 3.74. The molecule has 0 spiro atoms. The Morgan fingerprint density at radius 3 is 2.71 bits per heavy atom. The van der Waals surface area contributed by atoms with E-state index in [0.717, 1.165) is 4.73 Å². The lowest BCUT2D eigenvalue weighted by atomic mass is 10.1. The van der Waals surface area contributed by atoms with Gasteiger partial charge in [0.2, 0.25) is 5.95 Å². The molecule has 0 unspecified atom stereocenters. The second kappa shape index (κ2) is 8.29. The molecule has 0 saturated heterocycles. The van der Waals surface area contributed by atoms with E-state index in [1.165, 1.54) is 13.3 Å². The lowest BCUT2D eigenvalue weighted by molar-refractivity contribution is -0.136. The number of fused-ring (bicyclic) bond motifs is 1. The number of pyridine rings is 1. The smallest absolute Gasteiger partial charge is 0.309 e.